The van der Waals surface area contributed by atoms with E-state index in [1.54, 1.807) is 0 Å². The van der Waals surface area contributed by atoms with E-state index in [9.17, 15) is 14.9 Å². The van der Waals surface area contributed by atoms with E-state index in [2.05, 4.69) is 32.3 Å². The van der Waals surface area contributed by atoms with E-state index in [1.807, 2.05) is 53.4 Å². The summed E-state index contributed by atoms with van der Waals surface area (Å²) in [5, 5.41) is 14.8. The molecule has 0 atom stereocenters. The van der Waals surface area contributed by atoms with Crippen molar-refractivity contribution in [3.8, 4) is 0 Å². The second kappa shape index (κ2) is 11.9. The first-order valence-corrected chi connectivity index (χ1v) is 11.5. The zero-order valence-electron chi connectivity index (χ0n) is 19.4. The minimum atomic E-state index is -0.471. The monoisotopic (exact) mass is 476 g/mol. The van der Waals surface area contributed by atoms with Crippen LogP contribution in [-0.2, 0) is 22.7 Å². The SMILES string of the molecule is O=C(CCNc1ncnc(N2CCN(Cc3ccccc3)CC2)c1[N+](=O)[O-])OCc1ccccc1. The maximum Gasteiger partial charge on any atom is 0.353 e. The zero-order chi connectivity index (χ0) is 24.5. The van der Waals surface area contributed by atoms with Gasteiger partial charge in [-0.2, -0.15) is 0 Å². The van der Waals surface area contributed by atoms with Gasteiger partial charge in [-0.15, -0.1) is 0 Å². The quantitative estimate of drug-likeness (QED) is 0.267. The number of rotatable bonds is 10. The molecule has 1 fully saturated rings. The fourth-order valence-corrected chi connectivity index (χ4v) is 3.95. The molecule has 0 bridgehead atoms. The molecular formula is C25H28N6O4. The Morgan fingerprint density at radius 2 is 1.63 bits per heavy atom. The van der Waals surface area contributed by atoms with Crippen LogP contribution in [0.15, 0.2) is 67.0 Å². The average molecular weight is 477 g/mol. The summed E-state index contributed by atoms with van der Waals surface area (Å²) >= 11 is 0. The minimum absolute atomic E-state index is 0.0570. The molecule has 0 spiro atoms. The molecule has 4 rings (SSSR count). The maximum absolute atomic E-state index is 12.1. The van der Waals surface area contributed by atoms with Gasteiger partial charge in [0.25, 0.3) is 0 Å². The third-order valence-corrected chi connectivity index (χ3v) is 5.77. The number of nitrogens with zero attached hydrogens (tertiary/aromatic N) is 5. The molecule has 2 heterocycles. The van der Waals surface area contributed by atoms with Crippen LogP contribution < -0.4 is 10.2 Å². The van der Waals surface area contributed by atoms with Gasteiger partial charge >= 0.3 is 11.7 Å². The van der Waals surface area contributed by atoms with Crippen LogP contribution in [0.25, 0.3) is 0 Å². The number of hydrogen-bond acceptors (Lipinski definition) is 9. The predicted molar refractivity (Wildman–Crippen MR) is 132 cm³/mol. The number of nitrogens with one attached hydrogen (secondary N) is 1. The van der Waals surface area contributed by atoms with Gasteiger partial charge in [0.15, 0.2) is 0 Å². The Bertz CT molecular complexity index is 1120. The van der Waals surface area contributed by atoms with Gasteiger partial charge in [-0.3, -0.25) is 19.8 Å². The molecule has 3 aromatic rings. The molecule has 1 aromatic heterocycles. The third-order valence-electron chi connectivity index (χ3n) is 5.77. The first-order valence-electron chi connectivity index (χ1n) is 11.5. The fourth-order valence-electron chi connectivity index (χ4n) is 3.95. The number of esters is 1. The van der Waals surface area contributed by atoms with Crippen LogP contribution in [0.5, 0.6) is 0 Å². The van der Waals surface area contributed by atoms with Crippen LogP contribution in [0.1, 0.15) is 17.5 Å². The number of anilines is 2. The van der Waals surface area contributed by atoms with Crippen molar-refractivity contribution in [1.29, 1.82) is 0 Å². The third kappa shape index (κ3) is 6.73. The van der Waals surface area contributed by atoms with Gasteiger partial charge in [0.1, 0.15) is 12.9 Å². The number of benzene rings is 2. The Kier molecular flexibility index (Phi) is 8.18. The van der Waals surface area contributed by atoms with Gasteiger partial charge in [0.2, 0.25) is 11.6 Å². The maximum atomic E-state index is 12.1. The zero-order valence-corrected chi connectivity index (χ0v) is 19.4. The minimum Gasteiger partial charge on any atom is -0.461 e. The lowest BCUT2D eigenvalue weighted by Gasteiger charge is -2.35. The number of hydrogen-bond donors (Lipinski definition) is 1. The summed E-state index contributed by atoms with van der Waals surface area (Å²) in [5.41, 5.74) is 1.96. The fraction of sp³-hybridized carbons (Fsp3) is 0.320. The van der Waals surface area contributed by atoms with Gasteiger partial charge in [0, 0.05) is 39.3 Å². The van der Waals surface area contributed by atoms with Gasteiger partial charge in [-0.1, -0.05) is 60.7 Å². The van der Waals surface area contributed by atoms with E-state index in [0.717, 1.165) is 25.2 Å². The first kappa shape index (κ1) is 24.1. The standard InChI is InChI=1S/C25H28N6O4/c32-22(35-18-21-9-5-2-6-10-21)11-12-26-24-23(31(33)34)25(28-19-27-24)30-15-13-29(14-16-30)17-20-7-3-1-4-8-20/h1-10,19H,11-18H2,(H,26,27,28). The summed E-state index contributed by atoms with van der Waals surface area (Å²) in [5.74, 6) is -0.00564. The summed E-state index contributed by atoms with van der Waals surface area (Å²) in [6.07, 6.45) is 1.37. The van der Waals surface area contributed by atoms with Crippen LogP contribution in [0, 0.1) is 10.1 Å². The Morgan fingerprint density at radius 3 is 2.29 bits per heavy atom. The van der Waals surface area contributed by atoms with E-state index in [4.69, 9.17) is 4.74 Å². The molecule has 1 aliphatic heterocycles. The molecule has 10 heteroatoms. The first-order chi connectivity index (χ1) is 17.1. The number of piperazine rings is 1. The summed E-state index contributed by atoms with van der Waals surface area (Å²) in [4.78, 5) is 36.0. The second-order valence-corrected chi connectivity index (χ2v) is 8.22. The summed E-state index contributed by atoms with van der Waals surface area (Å²) in [6.45, 7) is 3.97. The molecule has 1 N–H and O–H groups in total. The van der Waals surface area contributed by atoms with Crippen molar-refractivity contribution in [1.82, 2.24) is 14.9 Å². The molecule has 0 saturated carbocycles. The van der Waals surface area contributed by atoms with Crippen molar-refractivity contribution >= 4 is 23.3 Å². The summed E-state index contributed by atoms with van der Waals surface area (Å²) in [7, 11) is 0. The van der Waals surface area contributed by atoms with Crippen LogP contribution in [0.3, 0.4) is 0 Å². The normalized spacial score (nSPS) is 13.9. The highest BCUT2D eigenvalue weighted by atomic mass is 16.6. The van der Waals surface area contributed by atoms with E-state index in [0.29, 0.717) is 18.9 Å². The van der Waals surface area contributed by atoms with E-state index in [-0.39, 0.29) is 31.1 Å². The molecule has 1 aliphatic rings. The molecule has 0 radical (unpaired) electrons. The highest BCUT2D eigenvalue weighted by molar-refractivity contribution is 5.72. The number of carbonyl (C=O) groups excluding carboxylic acids is 1. The lowest BCUT2D eigenvalue weighted by atomic mass is 10.2. The number of aromatic nitrogens is 2. The van der Waals surface area contributed by atoms with Crippen molar-refractivity contribution in [3.63, 3.8) is 0 Å². The second-order valence-electron chi connectivity index (χ2n) is 8.22. The van der Waals surface area contributed by atoms with E-state index < -0.39 is 10.9 Å². The lowest BCUT2D eigenvalue weighted by Crippen LogP contribution is -2.46. The Labute approximate surface area is 203 Å². The predicted octanol–water partition coefficient (Wildman–Crippen LogP) is 3.25. The molecule has 1 saturated heterocycles. The molecule has 0 amide bonds. The van der Waals surface area contributed by atoms with E-state index >= 15 is 0 Å². The number of nitro groups is 1. The van der Waals surface area contributed by atoms with Crippen LogP contribution >= 0.6 is 0 Å². The Hall–Kier alpha value is -4.05. The van der Waals surface area contributed by atoms with Crippen LogP contribution in [0.2, 0.25) is 0 Å². The Morgan fingerprint density at radius 1 is 0.971 bits per heavy atom. The lowest BCUT2D eigenvalue weighted by molar-refractivity contribution is -0.383. The van der Waals surface area contributed by atoms with Gasteiger partial charge in [0.05, 0.1) is 11.3 Å². The smallest absolute Gasteiger partial charge is 0.353 e. The molecule has 10 nitrogen and oxygen atoms in total. The topological polar surface area (TPSA) is 114 Å². The van der Waals surface area contributed by atoms with Crippen molar-refractivity contribution < 1.29 is 14.5 Å². The van der Waals surface area contributed by atoms with Gasteiger partial charge in [-0.25, -0.2) is 9.97 Å². The summed E-state index contributed by atoms with van der Waals surface area (Å²) < 4.78 is 5.26. The van der Waals surface area contributed by atoms with Crippen molar-refractivity contribution in [2.24, 2.45) is 0 Å². The number of carbonyl (C=O) groups is 1. The van der Waals surface area contributed by atoms with Crippen molar-refractivity contribution in [2.45, 2.75) is 19.6 Å². The van der Waals surface area contributed by atoms with Crippen LogP contribution in [0.4, 0.5) is 17.3 Å². The molecule has 0 aliphatic carbocycles. The van der Waals surface area contributed by atoms with Crippen molar-refractivity contribution in [2.75, 3.05) is 42.9 Å². The van der Waals surface area contributed by atoms with E-state index in [1.165, 1.54) is 11.9 Å². The highest BCUT2D eigenvalue weighted by Gasteiger charge is 2.29. The van der Waals surface area contributed by atoms with Crippen molar-refractivity contribution in [3.05, 3.63) is 88.2 Å². The molecular weight excluding hydrogens is 448 g/mol. The van der Waals surface area contributed by atoms with Gasteiger partial charge in [-0.05, 0) is 11.1 Å². The van der Waals surface area contributed by atoms with Crippen LogP contribution in [-0.4, -0.2) is 58.5 Å². The molecule has 0 unspecified atom stereocenters. The Balaban J connectivity index is 1.32. The highest BCUT2D eigenvalue weighted by Crippen LogP contribution is 2.32. The molecule has 2 aromatic carbocycles. The average Bonchev–Trinajstić information content (AvgIpc) is 2.89. The summed E-state index contributed by atoms with van der Waals surface area (Å²) in [6, 6.07) is 19.6. The molecule has 182 valence electrons. The van der Waals surface area contributed by atoms with Gasteiger partial charge < -0.3 is 15.0 Å². The molecule has 35 heavy (non-hydrogen) atoms. The largest absolute Gasteiger partial charge is 0.461 e. The number of ether oxygens (including phenoxy) is 1.